The third kappa shape index (κ3) is 3.72. The molecule has 0 fully saturated rings. The summed E-state index contributed by atoms with van der Waals surface area (Å²) in [6, 6.07) is 0. The topological polar surface area (TPSA) is 83.6 Å². The van der Waals surface area contributed by atoms with Crippen molar-refractivity contribution in [2.45, 2.75) is 0 Å². The normalized spacial score (nSPS) is 9.08. The molecule has 0 bridgehead atoms. The Kier molecular flexibility index (Phi) is 4.71. The highest BCUT2D eigenvalue weighted by Crippen LogP contribution is 1.88. The highest BCUT2D eigenvalue weighted by Gasteiger charge is 2.12. The van der Waals surface area contributed by atoms with Gasteiger partial charge in [-0.15, -0.1) is 6.58 Å². The largest absolute Gasteiger partial charge is 0.480 e. The van der Waals surface area contributed by atoms with Crippen LogP contribution in [-0.4, -0.2) is 41.5 Å². The SMILES string of the molecule is C=CCN(CC(=O)O)C(=O)CN. The van der Waals surface area contributed by atoms with Crippen molar-refractivity contribution in [3.05, 3.63) is 12.7 Å². The standard InChI is InChI=1S/C7H12N2O3/c1-2-3-9(5-7(11)12)6(10)4-8/h2H,1,3-5,8H2,(H,11,12). The second-order valence-corrected chi connectivity index (χ2v) is 2.16. The van der Waals surface area contributed by atoms with E-state index in [4.69, 9.17) is 10.8 Å². The molecule has 5 nitrogen and oxygen atoms in total. The summed E-state index contributed by atoms with van der Waals surface area (Å²) in [7, 11) is 0. The number of carboxylic acids is 1. The first-order valence-corrected chi connectivity index (χ1v) is 3.42. The van der Waals surface area contributed by atoms with Crippen LogP contribution in [0.1, 0.15) is 0 Å². The first kappa shape index (κ1) is 10.6. The van der Waals surface area contributed by atoms with Crippen molar-refractivity contribution in [1.29, 1.82) is 0 Å². The van der Waals surface area contributed by atoms with E-state index in [-0.39, 0.29) is 19.6 Å². The van der Waals surface area contributed by atoms with Crippen molar-refractivity contribution >= 4 is 11.9 Å². The van der Waals surface area contributed by atoms with Gasteiger partial charge in [-0.05, 0) is 0 Å². The van der Waals surface area contributed by atoms with Gasteiger partial charge in [-0.3, -0.25) is 9.59 Å². The summed E-state index contributed by atoms with van der Waals surface area (Å²) in [5, 5.41) is 8.39. The quantitative estimate of drug-likeness (QED) is 0.523. The molecule has 0 heterocycles. The van der Waals surface area contributed by atoms with E-state index in [9.17, 15) is 9.59 Å². The fraction of sp³-hybridized carbons (Fsp3) is 0.429. The lowest BCUT2D eigenvalue weighted by Gasteiger charge is -2.17. The third-order valence-corrected chi connectivity index (χ3v) is 1.20. The molecule has 0 aromatic rings. The Morgan fingerprint density at radius 2 is 2.17 bits per heavy atom. The van der Waals surface area contributed by atoms with Crippen LogP contribution in [0.15, 0.2) is 12.7 Å². The van der Waals surface area contributed by atoms with Crippen LogP contribution in [0.2, 0.25) is 0 Å². The molecule has 12 heavy (non-hydrogen) atoms. The van der Waals surface area contributed by atoms with Gasteiger partial charge in [0.05, 0.1) is 6.54 Å². The second-order valence-electron chi connectivity index (χ2n) is 2.16. The Balaban J connectivity index is 4.11. The number of aliphatic carboxylic acids is 1. The molecule has 0 aliphatic rings. The molecule has 0 aromatic carbocycles. The molecule has 0 spiro atoms. The molecule has 0 aliphatic carbocycles. The van der Waals surface area contributed by atoms with Gasteiger partial charge in [0.25, 0.3) is 0 Å². The van der Waals surface area contributed by atoms with Crippen molar-refractivity contribution in [3.63, 3.8) is 0 Å². The number of carbonyl (C=O) groups is 2. The molecule has 0 aliphatic heterocycles. The van der Waals surface area contributed by atoms with Crippen molar-refractivity contribution < 1.29 is 14.7 Å². The average molecular weight is 172 g/mol. The van der Waals surface area contributed by atoms with Crippen LogP contribution < -0.4 is 5.73 Å². The molecule has 0 radical (unpaired) electrons. The summed E-state index contributed by atoms with van der Waals surface area (Å²) >= 11 is 0. The summed E-state index contributed by atoms with van der Waals surface area (Å²) < 4.78 is 0. The first-order chi connectivity index (χ1) is 5.61. The smallest absolute Gasteiger partial charge is 0.323 e. The Bertz CT molecular complexity index is 191. The van der Waals surface area contributed by atoms with Crippen molar-refractivity contribution in [2.24, 2.45) is 5.73 Å². The fourth-order valence-corrected chi connectivity index (χ4v) is 0.703. The molecule has 0 aromatic heterocycles. The van der Waals surface area contributed by atoms with Crippen LogP contribution in [0, 0.1) is 0 Å². The van der Waals surface area contributed by atoms with Gasteiger partial charge >= 0.3 is 5.97 Å². The summed E-state index contributed by atoms with van der Waals surface area (Å²) in [4.78, 5) is 22.3. The number of amides is 1. The van der Waals surface area contributed by atoms with Gasteiger partial charge in [-0.1, -0.05) is 6.08 Å². The summed E-state index contributed by atoms with van der Waals surface area (Å²) in [6.45, 7) is 3.10. The number of hydrogen-bond acceptors (Lipinski definition) is 3. The van der Waals surface area contributed by atoms with E-state index < -0.39 is 11.9 Å². The van der Waals surface area contributed by atoms with E-state index in [1.165, 1.54) is 6.08 Å². The third-order valence-electron chi connectivity index (χ3n) is 1.20. The van der Waals surface area contributed by atoms with E-state index >= 15 is 0 Å². The lowest BCUT2D eigenvalue weighted by atomic mass is 10.4. The molecular weight excluding hydrogens is 160 g/mol. The lowest BCUT2D eigenvalue weighted by Crippen LogP contribution is -2.39. The Labute approximate surface area is 70.5 Å². The van der Waals surface area contributed by atoms with Gasteiger partial charge in [-0.2, -0.15) is 0 Å². The molecule has 0 atom stereocenters. The maximum Gasteiger partial charge on any atom is 0.323 e. The van der Waals surface area contributed by atoms with E-state index in [1.54, 1.807) is 0 Å². The van der Waals surface area contributed by atoms with E-state index in [0.29, 0.717) is 0 Å². The zero-order chi connectivity index (χ0) is 9.56. The number of carboxylic acid groups (broad SMARTS) is 1. The summed E-state index contributed by atoms with van der Waals surface area (Å²) in [5.41, 5.74) is 5.06. The molecule has 5 heteroatoms. The minimum absolute atomic E-state index is 0.179. The van der Waals surface area contributed by atoms with Gasteiger partial charge in [-0.25, -0.2) is 0 Å². The van der Waals surface area contributed by atoms with Crippen LogP contribution in [0.5, 0.6) is 0 Å². The molecule has 68 valence electrons. The van der Waals surface area contributed by atoms with Crippen molar-refractivity contribution in [3.8, 4) is 0 Å². The van der Waals surface area contributed by atoms with Gasteiger partial charge in [0.2, 0.25) is 5.91 Å². The highest BCUT2D eigenvalue weighted by molar-refractivity contribution is 5.82. The van der Waals surface area contributed by atoms with Crippen LogP contribution in [0.4, 0.5) is 0 Å². The number of hydrogen-bond donors (Lipinski definition) is 2. The van der Waals surface area contributed by atoms with Gasteiger partial charge in [0, 0.05) is 6.54 Å². The van der Waals surface area contributed by atoms with E-state index in [2.05, 4.69) is 6.58 Å². The lowest BCUT2D eigenvalue weighted by molar-refractivity contribution is -0.143. The average Bonchev–Trinajstić information content (AvgIpc) is 2.01. The molecule has 0 unspecified atom stereocenters. The minimum Gasteiger partial charge on any atom is -0.480 e. The Hall–Kier alpha value is -1.36. The predicted octanol–water partition coefficient (Wildman–Crippen LogP) is -0.956. The summed E-state index contributed by atoms with van der Waals surface area (Å²) in [5.74, 6) is -1.45. The highest BCUT2D eigenvalue weighted by atomic mass is 16.4. The van der Waals surface area contributed by atoms with Gasteiger partial charge in [0.15, 0.2) is 0 Å². The van der Waals surface area contributed by atoms with E-state index in [1.807, 2.05) is 0 Å². The molecular formula is C7H12N2O3. The number of rotatable bonds is 5. The maximum absolute atomic E-state index is 10.9. The Morgan fingerprint density at radius 3 is 2.50 bits per heavy atom. The monoisotopic (exact) mass is 172 g/mol. The fourth-order valence-electron chi connectivity index (χ4n) is 0.703. The van der Waals surface area contributed by atoms with Crippen LogP contribution in [-0.2, 0) is 9.59 Å². The first-order valence-electron chi connectivity index (χ1n) is 3.42. The maximum atomic E-state index is 10.9. The molecule has 1 amide bonds. The predicted molar refractivity (Wildman–Crippen MR) is 43.5 cm³/mol. The van der Waals surface area contributed by atoms with Crippen LogP contribution in [0.3, 0.4) is 0 Å². The van der Waals surface area contributed by atoms with Crippen molar-refractivity contribution in [1.82, 2.24) is 4.90 Å². The van der Waals surface area contributed by atoms with Gasteiger partial charge in [0.1, 0.15) is 6.54 Å². The molecule has 0 saturated carbocycles. The Morgan fingerprint density at radius 1 is 1.58 bits per heavy atom. The molecule has 3 N–H and O–H groups in total. The number of nitrogens with zero attached hydrogens (tertiary/aromatic N) is 1. The summed E-state index contributed by atoms with van der Waals surface area (Å²) in [6.07, 6.45) is 1.45. The zero-order valence-corrected chi connectivity index (χ0v) is 6.69. The molecule has 0 rings (SSSR count). The van der Waals surface area contributed by atoms with Crippen molar-refractivity contribution in [2.75, 3.05) is 19.6 Å². The van der Waals surface area contributed by atoms with Crippen LogP contribution >= 0.6 is 0 Å². The van der Waals surface area contributed by atoms with Gasteiger partial charge < -0.3 is 15.7 Å². The molecule has 0 saturated heterocycles. The van der Waals surface area contributed by atoms with Crippen LogP contribution in [0.25, 0.3) is 0 Å². The van der Waals surface area contributed by atoms with E-state index in [0.717, 1.165) is 4.90 Å². The second kappa shape index (κ2) is 5.31. The zero-order valence-electron chi connectivity index (χ0n) is 6.69. The minimum atomic E-state index is -1.06. The number of carbonyl (C=O) groups excluding carboxylic acids is 1. The number of nitrogens with two attached hydrogens (primary N) is 1.